The van der Waals surface area contributed by atoms with E-state index in [9.17, 15) is 39.4 Å². The highest BCUT2D eigenvalue weighted by Gasteiger charge is 2.37. The second kappa shape index (κ2) is 11.4. The van der Waals surface area contributed by atoms with Crippen molar-refractivity contribution < 1.29 is 38.5 Å². The lowest BCUT2D eigenvalue weighted by Gasteiger charge is -2.26. The van der Waals surface area contributed by atoms with Crippen molar-refractivity contribution in [3.05, 3.63) is 102 Å². The van der Waals surface area contributed by atoms with Crippen LogP contribution in [0.2, 0.25) is 10.0 Å². The molecule has 4 rings (SSSR count). The third-order valence-corrected chi connectivity index (χ3v) is 6.05. The number of non-ortho nitro benzene ring substituents is 1. The maximum Gasteiger partial charge on any atom is 0.337 e. The standard InChI is InChI=1S/C25H14Cl2N4O10/c1-40-24(34)12-2-4-15(5-3-12)29-23(33)17(22(32)28-25(29)35)9-13-8-14(26)10-18(27)21(13)41-20-7-6-16(30(36)37)11-19(20)31(38)39/h2-11H,1H3,(H,28,32,35)/b17-9+. The van der Waals surface area contributed by atoms with Crippen LogP contribution in [0, 0.1) is 20.2 Å². The van der Waals surface area contributed by atoms with E-state index in [1.807, 2.05) is 5.32 Å². The highest BCUT2D eigenvalue weighted by molar-refractivity contribution is 6.40. The minimum Gasteiger partial charge on any atom is -0.465 e. The summed E-state index contributed by atoms with van der Waals surface area (Å²) in [5, 5.41) is 24.5. The van der Waals surface area contributed by atoms with Crippen molar-refractivity contribution in [3.63, 3.8) is 0 Å². The Labute approximate surface area is 239 Å². The zero-order chi connectivity index (χ0) is 30.0. The number of carbonyl (C=O) groups excluding carboxylic acids is 4. The number of nitro groups is 2. The van der Waals surface area contributed by atoms with Crippen LogP contribution < -0.4 is 15.0 Å². The van der Waals surface area contributed by atoms with Gasteiger partial charge in [0.15, 0.2) is 5.75 Å². The number of amides is 4. The summed E-state index contributed by atoms with van der Waals surface area (Å²) in [5.41, 5.74) is -1.83. The van der Waals surface area contributed by atoms with E-state index in [2.05, 4.69) is 4.74 Å². The maximum absolute atomic E-state index is 13.3. The molecule has 0 radical (unpaired) electrons. The van der Waals surface area contributed by atoms with Crippen LogP contribution in [0.25, 0.3) is 6.08 Å². The Balaban J connectivity index is 1.78. The predicted octanol–water partition coefficient (Wildman–Crippen LogP) is 5.06. The Morgan fingerprint density at radius 1 is 0.976 bits per heavy atom. The average Bonchev–Trinajstić information content (AvgIpc) is 2.92. The number of nitro benzene ring substituents is 2. The number of benzene rings is 3. The van der Waals surface area contributed by atoms with E-state index in [4.69, 9.17) is 27.9 Å². The molecule has 1 saturated heterocycles. The first-order chi connectivity index (χ1) is 19.4. The number of nitrogens with zero attached hydrogens (tertiary/aromatic N) is 3. The largest absolute Gasteiger partial charge is 0.465 e. The van der Waals surface area contributed by atoms with Crippen molar-refractivity contribution in [2.45, 2.75) is 0 Å². The second-order valence-electron chi connectivity index (χ2n) is 8.07. The van der Waals surface area contributed by atoms with E-state index in [1.165, 1.54) is 43.5 Å². The van der Waals surface area contributed by atoms with Gasteiger partial charge in [0.05, 0.1) is 39.3 Å². The van der Waals surface area contributed by atoms with Gasteiger partial charge in [-0.05, 0) is 48.5 Å². The van der Waals surface area contributed by atoms with Gasteiger partial charge < -0.3 is 9.47 Å². The minimum absolute atomic E-state index is 0.0145. The van der Waals surface area contributed by atoms with Crippen LogP contribution in [0.4, 0.5) is 21.9 Å². The van der Waals surface area contributed by atoms with Gasteiger partial charge in [-0.1, -0.05) is 23.2 Å². The molecule has 1 heterocycles. The summed E-state index contributed by atoms with van der Waals surface area (Å²) in [5.74, 6) is -3.52. The highest BCUT2D eigenvalue weighted by atomic mass is 35.5. The molecule has 3 aromatic rings. The maximum atomic E-state index is 13.3. The molecule has 1 fully saturated rings. The van der Waals surface area contributed by atoms with Crippen LogP contribution in [0.5, 0.6) is 11.5 Å². The molecule has 3 aromatic carbocycles. The van der Waals surface area contributed by atoms with E-state index in [0.717, 1.165) is 18.2 Å². The number of hydrogen-bond donors (Lipinski definition) is 1. The summed E-state index contributed by atoms with van der Waals surface area (Å²) in [6.07, 6.45) is 1.00. The molecule has 0 aliphatic carbocycles. The summed E-state index contributed by atoms with van der Waals surface area (Å²) < 4.78 is 10.3. The number of barbiturate groups is 1. The molecule has 0 unspecified atom stereocenters. The van der Waals surface area contributed by atoms with Gasteiger partial charge in [-0.25, -0.2) is 14.5 Å². The molecule has 0 saturated carbocycles. The molecule has 0 bridgehead atoms. The van der Waals surface area contributed by atoms with Crippen molar-refractivity contribution in [3.8, 4) is 11.5 Å². The fourth-order valence-corrected chi connectivity index (χ4v) is 4.21. The van der Waals surface area contributed by atoms with Gasteiger partial charge >= 0.3 is 17.7 Å². The second-order valence-corrected chi connectivity index (χ2v) is 8.91. The Morgan fingerprint density at radius 2 is 1.66 bits per heavy atom. The number of anilines is 1. The summed E-state index contributed by atoms with van der Waals surface area (Å²) in [7, 11) is 1.18. The molecular weight excluding hydrogens is 587 g/mol. The van der Waals surface area contributed by atoms with Gasteiger partial charge in [0.1, 0.15) is 5.57 Å². The number of hydrogen-bond acceptors (Lipinski definition) is 10. The topological polar surface area (TPSA) is 188 Å². The van der Waals surface area contributed by atoms with Crippen LogP contribution in [-0.4, -0.2) is 40.8 Å². The lowest BCUT2D eigenvalue weighted by atomic mass is 10.1. The number of carbonyl (C=O) groups is 4. The third kappa shape index (κ3) is 5.83. The van der Waals surface area contributed by atoms with Gasteiger partial charge in [0.2, 0.25) is 5.75 Å². The average molecular weight is 601 g/mol. The Morgan fingerprint density at radius 3 is 2.27 bits per heavy atom. The molecule has 1 aliphatic heterocycles. The number of ether oxygens (including phenoxy) is 2. The first kappa shape index (κ1) is 28.7. The first-order valence-electron chi connectivity index (χ1n) is 11.1. The number of nitrogens with one attached hydrogen (secondary N) is 1. The van der Waals surface area contributed by atoms with Crippen molar-refractivity contribution >= 4 is 70.2 Å². The summed E-state index contributed by atoms with van der Waals surface area (Å²) in [6, 6.07) is 9.22. The highest BCUT2D eigenvalue weighted by Crippen LogP contribution is 2.41. The van der Waals surface area contributed by atoms with E-state index in [-0.39, 0.29) is 32.6 Å². The minimum atomic E-state index is -1.08. The zero-order valence-electron chi connectivity index (χ0n) is 20.5. The van der Waals surface area contributed by atoms with Crippen molar-refractivity contribution in [2.24, 2.45) is 0 Å². The number of rotatable bonds is 7. The lowest BCUT2D eigenvalue weighted by Crippen LogP contribution is -2.54. The molecular formula is C25H14Cl2N4O10. The number of urea groups is 1. The van der Waals surface area contributed by atoms with Crippen LogP contribution >= 0.6 is 23.2 Å². The van der Waals surface area contributed by atoms with Gasteiger partial charge in [-0.2, -0.15) is 0 Å². The summed E-state index contributed by atoms with van der Waals surface area (Å²) in [6.45, 7) is 0. The number of methoxy groups -OCH3 is 1. The molecule has 4 amide bonds. The molecule has 0 atom stereocenters. The van der Waals surface area contributed by atoms with Crippen molar-refractivity contribution in [1.82, 2.24) is 5.32 Å². The third-order valence-electron chi connectivity index (χ3n) is 5.55. The number of halogens is 2. The quantitative estimate of drug-likeness (QED) is 0.126. The Hall–Kier alpha value is -5.34. The van der Waals surface area contributed by atoms with Crippen molar-refractivity contribution in [1.29, 1.82) is 0 Å². The molecule has 1 N–H and O–H groups in total. The fraction of sp³-hybridized carbons (Fsp3) is 0.0400. The normalized spacial score (nSPS) is 14.1. The molecule has 208 valence electrons. The zero-order valence-corrected chi connectivity index (χ0v) is 22.0. The molecule has 0 aromatic heterocycles. The van der Waals surface area contributed by atoms with Gasteiger partial charge in [0.25, 0.3) is 17.5 Å². The van der Waals surface area contributed by atoms with Gasteiger partial charge in [0, 0.05) is 16.7 Å². The Bertz CT molecular complexity index is 1690. The van der Waals surface area contributed by atoms with E-state index >= 15 is 0 Å². The van der Waals surface area contributed by atoms with Crippen LogP contribution in [0.1, 0.15) is 15.9 Å². The van der Waals surface area contributed by atoms with E-state index in [1.54, 1.807) is 0 Å². The Kier molecular flexibility index (Phi) is 7.98. The smallest absolute Gasteiger partial charge is 0.337 e. The summed E-state index contributed by atoms with van der Waals surface area (Å²) in [4.78, 5) is 71.8. The number of esters is 1. The SMILES string of the molecule is COC(=O)c1ccc(N2C(=O)NC(=O)/C(=C\c3cc(Cl)cc(Cl)c3Oc3ccc([N+](=O)[O-])cc3[N+](=O)[O-])C2=O)cc1. The van der Waals surface area contributed by atoms with Crippen LogP contribution in [-0.2, 0) is 14.3 Å². The van der Waals surface area contributed by atoms with Crippen LogP contribution in [0.3, 0.4) is 0 Å². The molecule has 0 spiro atoms. The van der Waals surface area contributed by atoms with Gasteiger partial charge in [-0.3, -0.25) is 35.1 Å². The molecule has 1 aliphatic rings. The summed E-state index contributed by atoms with van der Waals surface area (Å²) >= 11 is 12.4. The monoisotopic (exact) mass is 600 g/mol. The molecule has 14 nitrogen and oxygen atoms in total. The van der Waals surface area contributed by atoms with Crippen molar-refractivity contribution in [2.75, 3.05) is 12.0 Å². The van der Waals surface area contributed by atoms with E-state index in [0.29, 0.717) is 11.0 Å². The first-order valence-corrected chi connectivity index (χ1v) is 11.9. The van der Waals surface area contributed by atoms with E-state index < -0.39 is 56.4 Å². The van der Waals surface area contributed by atoms with Gasteiger partial charge in [-0.15, -0.1) is 0 Å². The fourth-order valence-electron chi connectivity index (χ4n) is 3.67. The lowest BCUT2D eigenvalue weighted by molar-refractivity contribution is -0.394. The molecule has 41 heavy (non-hydrogen) atoms. The number of imide groups is 2. The van der Waals surface area contributed by atoms with Crippen LogP contribution in [0.15, 0.2) is 60.2 Å². The molecule has 16 heteroatoms. The predicted molar refractivity (Wildman–Crippen MR) is 143 cm³/mol.